The van der Waals surface area contributed by atoms with Gasteiger partial charge >= 0.3 is 0 Å². The maximum atomic E-state index is 12.5. The van der Waals surface area contributed by atoms with Gasteiger partial charge in [0.2, 0.25) is 5.91 Å². The molecule has 1 amide bonds. The second-order valence-corrected chi connectivity index (χ2v) is 8.07. The van der Waals surface area contributed by atoms with Crippen molar-refractivity contribution in [3.8, 4) is 22.9 Å². The number of ether oxygens (including phenoxy) is 2. The number of carbonyl (C=O) groups excluding carboxylic acids is 1. The Bertz CT molecular complexity index is 1280. The SMILES string of the molecule is COc1ccc(-c2n[nH]c(=S)n2CCC(=O)NCc2cccc(COc3ccccc3)c2)cc1. The third-order valence-electron chi connectivity index (χ3n) is 5.30. The minimum Gasteiger partial charge on any atom is -0.497 e. The number of para-hydroxylation sites is 1. The number of aromatic amines is 1. The first-order valence-corrected chi connectivity index (χ1v) is 11.3. The molecule has 4 aromatic rings. The molecule has 0 fully saturated rings. The molecule has 7 nitrogen and oxygen atoms in total. The van der Waals surface area contributed by atoms with E-state index in [1.807, 2.05) is 83.4 Å². The summed E-state index contributed by atoms with van der Waals surface area (Å²) in [6.07, 6.45) is 0.286. The van der Waals surface area contributed by atoms with Crippen LogP contribution in [0.4, 0.5) is 0 Å². The lowest BCUT2D eigenvalue weighted by molar-refractivity contribution is -0.121. The second kappa shape index (κ2) is 11.3. The smallest absolute Gasteiger partial charge is 0.222 e. The highest BCUT2D eigenvalue weighted by Crippen LogP contribution is 2.21. The minimum absolute atomic E-state index is 0.0604. The Hall–Kier alpha value is -3.91. The van der Waals surface area contributed by atoms with E-state index in [-0.39, 0.29) is 12.3 Å². The van der Waals surface area contributed by atoms with Crippen LogP contribution in [-0.2, 0) is 24.5 Å². The summed E-state index contributed by atoms with van der Waals surface area (Å²) in [4.78, 5) is 12.5. The molecule has 8 heteroatoms. The third-order valence-corrected chi connectivity index (χ3v) is 5.61. The predicted octanol–water partition coefficient (Wildman–Crippen LogP) is 4.90. The Morgan fingerprint density at radius 2 is 1.76 bits per heavy atom. The van der Waals surface area contributed by atoms with Crippen molar-refractivity contribution in [2.24, 2.45) is 0 Å². The third kappa shape index (κ3) is 6.11. The number of H-pyrrole nitrogens is 1. The van der Waals surface area contributed by atoms with Crippen molar-refractivity contribution in [1.82, 2.24) is 20.1 Å². The van der Waals surface area contributed by atoms with Crippen molar-refractivity contribution < 1.29 is 14.3 Å². The first kappa shape index (κ1) is 23.3. The number of hydrogen-bond acceptors (Lipinski definition) is 5. The molecule has 0 radical (unpaired) electrons. The monoisotopic (exact) mass is 474 g/mol. The van der Waals surface area contributed by atoms with Gasteiger partial charge in [0.25, 0.3) is 0 Å². The van der Waals surface area contributed by atoms with Crippen molar-refractivity contribution in [3.05, 3.63) is 94.8 Å². The lowest BCUT2D eigenvalue weighted by Crippen LogP contribution is -2.24. The maximum Gasteiger partial charge on any atom is 0.222 e. The van der Waals surface area contributed by atoms with Crippen LogP contribution in [0.15, 0.2) is 78.9 Å². The van der Waals surface area contributed by atoms with Crippen LogP contribution in [0.2, 0.25) is 0 Å². The van der Waals surface area contributed by atoms with E-state index in [4.69, 9.17) is 21.7 Å². The van der Waals surface area contributed by atoms with E-state index < -0.39 is 0 Å². The standard InChI is InChI=1S/C26H26N4O3S/c1-32-22-12-10-21(11-13-22)25-28-29-26(34)30(25)15-14-24(31)27-17-19-6-5-7-20(16-19)18-33-23-8-3-2-4-9-23/h2-13,16H,14-15,17-18H2,1H3,(H,27,31)(H,29,34). The number of amides is 1. The van der Waals surface area contributed by atoms with Gasteiger partial charge in [-0.1, -0.05) is 42.5 Å². The van der Waals surface area contributed by atoms with Crippen LogP contribution in [0.1, 0.15) is 17.5 Å². The summed E-state index contributed by atoms with van der Waals surface area (Å²) in [5.74, 6) is 2.22. The summed E-state index contributed by atoms with van der Waals surface area (Å²) in [6.45, 7) is 1.34. The molecule has 174 valence electrons. The Balaban J connectivity index is 1.30. The summed E-state index contributed by atoms with van der Waals surface area (Å²) < 4.78 is 13.3. The lowest BCUT2D eigenvalue weighted by Gasteiger charge is -2.10. The fraction of sp³-hybridized carbons (Fsp3) is 0.192. The van der Waals surface area contributed by atoms with Gasteiger partial charge in [0, 0.05) is 25.1 Å². The largest absolute Gasteiger partial charge is 0.497 e. The van der Waals surface area contributed by atoms with E-state index in [2.05, 4.69) is 15.5 Å². The number of carbonyl (C=O) groups is 1. The molecule has 0 aliphatic rings. The van der Waals surface area contributed by atoms with Crippen LogP contribution in [0, 0.1) is 4.77 Å². The van der Waals surface area contributed by atoms with Gasteiger partial charge in [0.1, 0.15) is 18.1 Å². The predicted molar refractivity (Wildman–Crippen MR) is 133 cm³/mol. The zero-order valence-electron chi connectivity index (χ0n) is 18.9. The van der Waals surface area contributed by atoms with E-state index >= 15 is 0 Å². The zero-order chi connectivity index (χ0) is 23.8. The molecular formula is C26H26N4O3S. The number of aromatic nitrogens is 3. The van der Waals surface area contributed by atoms with Gasteiger partial charge in [-0.25, -0.2) is 0 Å². The molecule has 0 aliphatic carbocycles. The molecule has 3 aromatic carbocycles. The molecule has 0 aliphatic heterocycles. The van der Waals surface area contributed by atoms with Gasteiger partial charge in [-0.2, -0.15) is 5.10 Å². The number of benzene rings is 3. The average Bonchev–Trinajstić information content (AvgIpc) is 3.26. The second-order valence-electron chi connectivity index (χ2n) is 7.68. The summed E-state index contributed by atoms with van der Waals surface area (Å²) in [5.41, 5.74) is 2.95. The molecule has 0 unspecified atom stereocenters. The number of rotatable bonds is 10. The van der Waals surface area contributed by atoms with Crippen molar-refractivity contribution >= 4 is 18.1 Å². The topological polar surface area (TPSA) is 81.2 Å². The zero-order valence-corrected chi connectivity index (χ0v) is 19.7. The van der Waals surface area contributed by atoms with Gasteiger partial charge in [-0.3, -0.25) is 14.5 Å². The Labute approximate surface area is 203 Å². The molecule has 4 rings (SSSR count). The highest BCUT2D eigenvalue weighted by molar-refractivity contribution is 7.71. The van der Waals surface area contributed by atoms with Crippen molar-refractivity contribution in [2.75, 3.05) is 7.11 Å². The van der Waals surface area contributed by atoms with E-state index in [9.17, 15) is 4.79 Å². The first-order chi connectivity index (χ1) is 16.6. The molecule has 1 heterocycles. The summed E-state index contributed by atoms with van der Waals surface area (Å²) in [5, 5.41) is 10.1. The van der Waals surface area contributed by atoms with Crippen molar-refractivity contribution in [3.63, 3.8) is 0 Å². The van der Waals surface area contributed by atoms with Crippen LogP contribution in [0.3, 0.4) is 0 Å². The number of hydrogen-bond donors (Lipinski definition) is 2. The van der Waals surface area contributed by atoms with Crippen molar-refractivity contribution in [1.29, 1.82) is 0 Å². The van der Waals surface area contributed by atoms with E-state index in [1.54, 1.807) is 7.11 Å². The molecule has 2 N–H and O–H groups in total. The highest BCUT2D eigenvalue weighted by atomic mass is 32.1. The average molecular weight is 475 g/mol. The number of methoxy groups -OCH3 is 1. The van der Waals surface area contributed by atoms with Crippen LogP contribution < -0.4 is 14.8 Å². The van der Waals surface area contributed by atoms with Gasteiger partial charge in [0.15, 0.2) is 10.6 Å². The van der Waals surface area contributed by atoms with Gasteiger partial charge in [0.05, 0.1) is 7.11 Å². The molecule has 0 saturated heterocycles. The van der Waals surface area contributed by atoms with E-state index in [0.29, 0.717) is 30.3 Å². The molecular weight excluding hydrogens is 448 g/mol. The van der Waals surface area contributed by atoms with Crippen molar-refractivity contribution in [2.45, 2.75) is 26.1 Å². The highest BCUT2D eigenvalue weighted by Gasteiger charge is 2.11. The fourth-order valence-corrected chi connectivity index (χ4v) is 3.72. The fourth-order valence-electron chi connectivity index (χ4n) is 3.50. The van der Waals surface area contributed by atoms with Crippen LogP contribution in [0.25, 0.3) is 11.4 Å². The van der Waals surface area contributed by atoms with Gasteiger partial charge in [-0.15, -0.1) is 0 Å². The first-order valence-electron chi connectivity index (χ1n) is 10.9. The molecule has 0 bridgehead atoms. The van der Waals surface area contributed by atoms with Crippen LogP contribution in [0.5, 0.6) is 11.5 Å². The molecule has 0 spiro atoms. The summed E-state index contributed by atoms with van der Waals surface area (Å²) in [7, 11) is 1.62. The number of nitrogens with zero attached hydrogens (tertiary/aromatic N) is 2. The molecule has 34 heavy (non-hydrogen) atoms. The van der Waals surface area contributed by atoms with Gasteiger partial charge in [-0.05, 0) is 59.7 Å². The Morgan fingerprint density at radius 3 is 2.53 bits per heavy atom. The number of nitrogens with one attached hydrogen (secondary N) is 2. The lowest BCUT2D eigenvalue weighted by atomic mass is 10.1. The van der Waals surface area contributed by atoms with Crippen LogP contribution >= 0.6 is 12.2 Å². The van der Waals surface area contributed by atoms with E-state index in [0.717, 1.165) is 28.2 Å². The quantitative estimate of drug-likeness (QED) is 0.320. The van der Waals surface area contributed by atoms with Gasteiger partial charge < -0.3 is 14.8 Å². The maximum absolute atomic E-state index is 12.5. The molecule has 0 saturated carbocycles. The Morgan fingerprint density at radius 1 is 1.00 bits per heavy atom. The normalized spacial score (nSPS) is 10.6. The van der Waals surface area contributed by atoms with Crippen LogP contribution in [-0.4, -0.2) is 27.8 Å². The summed E-state index contributed by atoms with van der Waals surface area (Å²) >= 11 is 5.37. The minimum atomic E-state index is -0.0604. The Kier molecular flexibility index (Phi) is 7.72. The summed E-state index contributed by atoms with van der Waals surface area (Å²) in [6, 6.07) is 25.2. The molecule has 1 aromatic heterocycles. The molecule has 0 atom stereocenters. The van der Waals surface area contributed by atoms with E-state index in [1.165, 1.54) is 0 Å².